The predicted octanol–water partition coefficient (Wildman–Crippen LogP) is 1.87. The number of methoxy groups -OCH3 is 1. The summed E-state index contributed by atoms with van der Waals surface area (Å²) in [5, 5.41) is 2.58. The average Bonchev–Trinajstić information content (AvgIpc) is 2.25. The minimum Gasteiger partial charge on any atom is -0.468 e. The van der Waals surface area contributed by atoms with Crippen molar-refractivity contribution >= 4 is 17.3 Å². The summed E-state index contributed by atoms with van der Waals surface area (Å²) in [5.74, 6) is -0.538. The molecule has 0 saturated heterocycles. The van der Waals surface area contributed by atoms with Crippen LogP contribution in [0.2, 0.25) is 0 Å². The third kappa shape index (κ3) is 3.54. The number of alkyl halides is 3. The molecule has 4 nitrogen and oxygen atoms in total. The lowest BCUT2D eigenvalue weighted by molar-refractivity contribution is -0.139. The fourth-order valence-corrected chi connectivity index (χ4v) is 1.14. The number of nitrogen functional groups attached to an aromatic ring is 1. The summed E-state index contributed by atoms with van der Waals surface area (Å²) >= 11 is 0. The van der Waals surface area contributed by atoms with Gasteiger partial charge in [0.25, 0.3) is 0 Å². The van der Waals surface area contributed by atoms with Gasteiger partial charge in [-0.2, -0.15) is 13.2 Å². The maximum Gasteiger partial charge on any atom is 0.416 e. The molecule has 1 rings (SSSR count). The number of carbonyl (C=O) groups is 1. The van der Waals surface area contributed by atoms with Crippen LogP contribution in [0.15, 0.2) is 18.2 Å². The van der Waals surface area contributed by atoms with E-state index in [1.165, 1.54) is 13.2 Å². The van der Waals surface area contributed by atoms with Crippen LogP contribution in [0.3, 0.4) is 0 Å². The lowest BCUT2D eigenvalue weighted by Gasteiger charge is -2.11. The Kier molecular flexibility index (Phi) is 3.82. The van der Waals surface area contributed by atoms with E-state index in [2.05, 4.69) is 10.1 Å². The first-order valence-electron chi connectivity index (χ1n) is 4.62. The summed E-state index contributed by atoms with van der Waals surface area (Å²) in [6.45, 7) is -0.161. The first-order valence-corrected chi connectivity index (χ1v) is 4.62. The van der Waals surface area contributed by atoms with E-state index in [1.807, 2.05) is 0 Å². The Morgan fingerprint density at radius 1 is 1.47 bits per heavy atom. The number of benzene rings is 1. The van der Waals surface area contributed by atoms with E-state index in [-0.39, 0.29) is 17.9 Å². The summed E-state index contributed by atoms with van der Waals surface area (Å²) in [4.78, 5) is 10.8. The molecule has 0 radical (unpaired) electrons. The third-order valence-corrected chi connectivity index (χ3v) is 2.03. The maximum absolute atomic E-state index is 12.3. The Morgan fingerprint density at radius 2 is 2.12 bits per heavy atom. The molecule has 0 bridgehead atoms. The molecule has 0 spiro atoms. The van der Waals surface area contributed by atoms with Crippen LogP contribution in [0.25, 0.3) is 0 Å². The van der Waals surface area contributed by atoms with Crippen LogP contribution in [-0.2, 0) is 15.7 Å². The van der Waals surface area contributed by atoms with Crippen molar-refractivity contribution in [2.45, 2.75) is 6.18 Å². The first kappa shape index (κ1) is 13.1. The molecule has 0 heterocycles. The average molecular weight is 248 g/mol. The van der Waals surface area contributed by atoms with Crippen molar-refractivity contribution < 1.29 is 22.7 Å². The number of hydrogen-bond acceptors (Lipinski definition) is 4. The second kappa shape index (κ2) is 4.94. The largest absolute Gasteiger partial charge is 0.468 e. The van der Waals surface area contributed by atoms with E-state index in [4.69, 9.17) is 5.73 Å². The molecule has 0 saturated carbocycles. The molecule has 0 amide bonds. The molecule has 0 aromatic heterocycles. The van der Waals surface area contributed by atoms with Gasteiger partial charge < -0.3 is 15.8 Å². The number of nitrogens with one attached hydrogen (secondary N) is 1. The number of rotatable bonds is 3. The van der Waals surface area contributed by atoms with E-state index in [1.54, 1.807) is 0 Å². The summed E-state index contributed by atoms with van der Waals surface area (Å²) in [6, 6.07) is 2.86. The maximum atomic E-state index is 12.3. The highest BCUT2D eigenvalue weighted by Crippen LogP contribution is 2.32. The van der Waals surface area contributed by atoms with Crippen LogP contribution < -0.4 is 11.1 Å². The number of halogens is 3. The number of carbonyl (C=O) groups excluding carboxylic acids is 1. The molecule has 0 aliphatic rings. The first-order chi connectivity index (χ1) is 7.84. The minimum atomic E-state index is -4.44. The van der Waals surface area contributed by atoms with E-state index < -0.39 is 17.7 Å². The number of nitrogens with two attached hydrogens (primary N) is 1. The molecule has 0 aliphatic heterocycles. The van der Waals surface area contributed by atoms with Crippen molar-refractivity contribution in [3.63, 3.8) is 0 Å². The van der Waals surface area contributed by atoms with E-state index in [0.717, 1.165) is 12.1 Å². The second-order valence-electron chi connectivity index (χ2n) is 3.23. The van der Waals surface area contributed by atoms with Crippen LogP contribution in [0.5, 0.6) is 0 Å². The highest BCUT2D eigenvalue weighted by Gasteiger charge is 2.30. The number of anilines is 2. The summed E-state index contributed by atoms with van der Waals surface area (Å²) in [6.07, 6.45) is -4.44. The van der Waals surface area contributed by atoms with Gasteiger partial charge in [-0.25, -0.2) is 0 Å². The van der Waals surface area contributed by atoms with E-state index in [0.29, 0.717) is 0 Å². The second-order valence-corrected chi connectivity index (χ2v) is 3.23. The van der Waals surface area contributed by atoms with Gasteiger partial charge in [-0.05, 0) is 18.2 Å². The predicted molar refractivity (Wildman–Crippen MR) is 56.4 cm³/mol. The SMILES string of the molecule is COC(=O)CNc1ccc(C(F)(F)F)cc1N. The van der Waals surface area contributed by atoms with Crippen molar-refractivity contribution in [2.75, 3.05) is 24.7 Å². The van der Waals surface area contributed by atoms with Crippen molar-refractivity contribution in [2.24, 2.45) is 0 Å². The van der Waals surface area contributed by atoms with Gasteiger partial charge in [-0.3, -0.25) is 4.79 Å². The zero-order chi connectivity index (χ0) is 13.1. The van der Waals surface area contributed by atoms with Crippen LogP contribution in [-0.4, -0.2) is 19.6 Å². The highest BCUT2D eigenvalue weighted by molar-refractivity contribution is 5.77. The molecular weight excluding hydrogens is 237 g/mol. The van der Waals surface area contributed by atoms with Crippen LogP contribution >= 0.6 is 0 Å². The fraction of sp³-hybridized carbons (Fsp3) is 0.300. The minimum absolute atomic E-state index is 0.0799. The van der Waals surface area contributed by atoms with Gasteiger partial charge in [-0.1, -0.05) is 0 Å². The molecule has 3 N–H and O–H groups in total. The Morgan fingerprint density at radius 3 is 2.59 bits per heavy atom. The molecule has 0 unspecified atom stereocenters. The van der Waals surface area contributed by atoms with E-state index in [9.17, 15) is 18.0 Å². The van der Waals surface area contributed by atoms with Crippen LogP contribution in [0.4, 0.5) is 24.5 Å². The molecule has 0 fully saturated rings. The molecule has 94 valence electrons. The van der Waals surface area contributed by atoms with Crippen molar-refractivity contribution in [1.82, 2.24) is 0 Å². The monoisotopic (exact) mass is 248 g/mol. The van der Waals surface area contributed by atoms with Gasteiger partial charge >= 0.3 is 12.1 Å². The molecule has 17 heavy (non-hydrogen) atoms. The topological polar surface area (TPSA) is 64.3 Å². The Labute approximate surface area is 95.6 Å². The molecular formula is C10H11F3N2O2. The number of hydrogen-bond donors (Lipinski definition) is 2. The van der Waals surface area contributed by atoms with Crippen molar-refractivity contribution in [3.8, 4) is 0 Å². The van der Waals surface area contributed by atoms with Crippen LogP contribution in [0.1, 0.15) is 5.56 Å². The normalized spacial score (nSPS) is 11.1. The van der Waals surface area contributed by atoms with E-state index >= 15 is 0 Å². The van der Waals surface area contributed by atoms with Gasteiger partial charge in [-0.15, -0.1) is 0 Å². The van der Waals surface area contributed by atoms with Crippen LogP contribution in [0, 0.1) is 0 Å². The highest BCUT2D eigenvalue weighted by atomic mass is 19.4. The Bertz CT molecular complexity index is 419. The summed E-state index contributed by atoms with van der Waals surface area (Å²) in [5.41, 5.74) is 4.77. The molecule has 1 aromatic rings. The van der Waals surface area contributed by atoms with Gasteiger partial charge in [0.2, 0.25) is 0 Å². The number of esters is 1. The molecule has 0 aliphatic carbocycles. The van der Waals surface area contributed by atoms with Crippen molar-refractivity contribution in [1.29, 1.82) is 0 Å². The molecule has 0 atom stereocenters. The Balaban J connectivity index is 2.80. The molecule has 7 heteroatoms. The summed E-state index contributed by atoms with van der Waals surface area (Å²) in [7, 11) is 1.21. The van der Waals surface area contributed by atoms with Gasteiger partial charge in [0.15, 0.2) is 0 Å². The van der Waals surface area contributed by atoms with Gasteiger partial charge in [0.05, 0.1) is 24.0 Å². The van der Waals surface area contributed by atoms with Crippen molar-refractivity contribution in [3.05, 3.63) is 23.8 Å². The smallest absolute Gasteiger partial charge is 0.416 e. The summed E-state index contributed by atoms with van der Waals surface area (Å²) < 4.78 is 41.3. The fourth-order valence-electron chi connectivity index (χ4n) is 1.14. The lowest BCUT2D eigenvalue weighted by atomic mass is 10.1. The van der Waals surface area contributed by atoms with Gasteiger partial charge in [0.1, 0.15) is 6.54 Å². The third-order valence-electron chi connectivity index (χ3n) is 2.03. The number of ether oxygens (including phenoxy) is 1. The van der Waals surface area contributed by atoms with Gasteiger partial charge in [0, 0.05) is 0 Å². The zero-order valence-electron chi connectivity index (χ0n) is 8.97. The molecule has 1 aromatic carbocycles. The lowest BCUT2D eigenvalue weighted by Crippen LogP contribution is -2.16. The standard InChI is InChI=1S/C10H11F3N2O2/c1-17-9(16)5-15-8-3-2-6(4-7(8)14)10(11,12)13/h2-4,15H,5,14H2,1H3. The quantitative estimate of drug-likeness (QED) is 0.633. The Hall–Kier alpha value is -1.92. The zero-order valence-corrected chi connectivity index (χ0v) is 8.97.